The smallest absolute Gasteiger partial charge is 0.0371 e. The first-order chi connectivity index (χ1) is 18.8. The third-order valence-corrected chi connectivity index (χ3v) is 10.00. The topological polar surface area (TPSA) is 9.72 Å². The molecule has 0 saturated heterocycles. The van der Waals surface area contributed by atoms with Gasteiger partial charge in [-0.25, -0.2) is 0 Å². The van der Waals surface area contributed by atoms with E-state index in [0.717, 1.165) is 0 Å². The second-order valence-electron chi connectivity index (χ2n) is 12.7. The molecule has 3 aromatic carbocycles. The molecule has 3 rings (SSSR count). The molecule has 0 heterocycles. The average Bonchev–Trinajstić information content (AvgIpc) is 2.86. The zero-order valence-electron chi connectivity index (χ0n) is 27.2. The molecule has 0 unspecified atom stereocenters. The Balaban J connectivity index is 2.08. The maximum atomic E-state index is 2.49. The Morgan fingerprint density at radius 1 is 0.325 bits per heavy atom. The van der Waals surface area contributed by atoms with Crippen molar-refractivity contribution in [1.29, 1.82) is 0 Å². The third-order valence-electron chi connectivity index (χ3n) is 7.56. The van der Waals surface area contributed by atoms with Gasteiger partial charge in [0.05, 0.1) is 0 Å². The summed E-state index contributed by atoms with van der Waals surface area (Å²) in [6.07, 6.45) is 0. The van der Waals surface area contributed by atoms with Crippen LogP contribution >= 0.6 is 7.92 Å². The van der Waals surface area contributed by atoms with E-state index in [1.54, 1.807) is 0 Å². The first-order valence-corrected chi connectivity index (χ1v) is 16.6. The number of nitrogens with zero attached hydrogens (tertiary/aromatic N) is 3. The van der Waals surface area contributed by atoms with Crippen LogP contribution in [0.25, 0.3) is 0 Å². The minimum absolute atomic E-state index is 0.460. The predicted octanol–water partition coefficient (Wildman–Crippen LogP) is 8.31. The highest BCUT2D eigenvalue weighted by Crippen LogP contribution is 2.36. The molecule has 3 aromatic rings. The van der Waals surface area contributed by atoms with Gasteiger partial charge in [0, 0.05) is 53.3 Å². The molecule has 0 amide bonds. The zero-order chi connectivity index (χ0) is 29.7. The van der Waals surface area contributed by atoms with Crippen molar-refractivity contribution < 1.29 is 0 Å². The molecule has 0 aliphatic rings. The molecule has 0 N–H and O–H groups in total. The molecule has 40 heavy (non-hydrogen) atoms. The van der Waals surface area contributed by atoms with Gasteiger partial charge in [-0.05, 0) is 143 Å². The second kappa shape index (κ2) is 13.9. The average molecular weight is 560 g/mol. The highest BCUT2D eigenvalue weighted by molar-refractivity contribution is 7.79. The Morgan fingerprint density at radius 2 is 0.500 bits per heavy atom. The molecule has 0 atom stereocenters. The second-order valence-corrected chi connectivity index (χ2v) is 14.9. The fourth-order valence-corrected chi connectivity index (χ4v) is 8.58. The molecule has 0 aliphatic carbocycles. The minimum atomic E-state index is -0.689. The van der Waals surface area contributed by atoms with Crippen molar-refractivity contribution in [3.8, 4) is 0 Å². The Bertz CT molecular complexity index is 987. The molecule has 0 fully saturated rings. The lowest BCUT2D eigenvalue weighted by atomic mass is 10.2. The van der Waals surface area contributed by atoms with E-state index in [1.807, 2.05) is 0 Å². The Morgan fingerprint density at radius 3 is 0.650 bits per heavy atom. The van der Waals surface area contributed by atoms with Crippen molar-refractivity contribution in [2.24, 2.45) is 0 Å². The van der Waals surface area contributed by atoms with Crippen LogP contribution in [0.2, 0.25) is 0 Å². The van der Waals surface area contributed by atoms with Gasteiger partial charge in [0.1, 0.15) is 0 Å². The van der Waals surface area contributed by atoms with Crippen LogP contribution in [0.4, 0.5) is 17.1 Å². The van der Waals surface area contributed by atoms with Crippen molar-refractivity contribution >= 4 is 40.9 Å². The van der Waals surface area contributed by atoms with E-state index in [9.17, 15) is 0 Å². The molecule has 0 radical (unpaired) electrons. The van der Waals surface area contributed by atoms with Gasteiger partial charge in [0.25, 0.3) is 0 Å². The van der Waals surface area contributed by atoms with Crippen molar-refractivity contribution in [3.05, 3.63) is 72.8 Å². The Labute approximate surface area is 247 Å². The van der Waals surface area contributed by atoms with Crippen LogP contribution in [0, 0.1) is 0 Å². The summed E-state index contributed by atoms with van der Waals surface area (Å²) in [5, 5.41) is 4.17. The molecular formula is C36H54N3P. The summed E-state index contributed by atoms with van der Waals surface area (Å²) >= 11 is 0. The lowest BCUT2D eigenvalue weighted by Crippen LogP contribution is -2.37. The van der Waals surface area contributed by atoms with E-state index in [0.29, 0.717) is 36.3 Å². The van der Waals surface area contributed by atoms with E-state index in [4.69, 9.17) is 0 Å². The lowest BCUT2D eigenvalue weighted by Gasteiger charge is -2.34. The van der Waals surface area contributed by atoms with Crippen LogP contribution in [0.3, 0.4) is 0 Å². The summed E-state index contributed by atoms with van der Waals surface area (Å²) in [5.74, 6) is 0. The van der Waals surface area contributed by atoms with Crippen LogP contribution in [0.15, 0.2) is 72.8 Å². The number of hydrogen-bond acceptors (Lipinski definition) is 3. The van der Waals surface area contributed by atoms with E-state index in [1.165, 1.54) is 33.0 Å². The molecule has 0 saturated carbocycles. The van der Waals surface area contributed by atoms with Crippen LogP contribution in [0.1, 0.15) is 83.1 Å². The van der Waals surface area contributed by atoms with E-state index in [2.05, 4.69) is 171 Å². The van der Waals surface area contributed by atoms with Gasteiger partial charge < -0.3 is 14.7 Å². The van der Waals surface area contributed by atoms with E-state index < -0.39 is 7.92 Å². The highest BCUT2D eigenvalue weighted by Gasteiger charge is 2.21. The van der Waals surface area contributed by atoms with Gasteiger partial charge in [0.2, 0.25) is 0 Å². The number of anilines is 3. The van der Waals surface area contributed by atoms with Gasteiger partial charge in [-0.1, -0.05) is 36.4 Å². The van der Waals surface area contributed by atoms with Crippen molar-refractivity contribution in [3.63, 3.8) is 0 Å². The van der Waals surface area contributed by atoms with Gasteiger partial charge >= 0.3 is 0 Å². The van der Waals surface area contributed by atoms with E-state index >= 15 is 0 Å². The van der Waals surface area contributed by atoms with Gasteiger partial charge in [-0.2, -0.15) is 0 Å². The molecule has 4 heteroatoms. The molecule has 0 bridgehead atoms. The lowest BCUT2D eigenvalue weighted by molar-refractivity contribution is 0.608. The van der Waals surface area contributed by atoms with Gasteiger partial charge in [-0.3, -0.25) is 0 Å². The number of hydrogen-bond donors (Lipinski definition) is 0. The molecule has 0 aromatic heterocycles. The Hall–Kier alpha value is -2.51. The monoisotopic (exact) mass is 559 g/mol. The van der Waals surface area contributed by atoms with Gasteiger partial charge in [0.15, 0.2) is 0 Å². The summed E-state index contributed by atoms with van der Waals surface area (Å²) in [4.78, 5) is 7.48. The maximum Gasteiger partial charge on any atom is 0.0371 e. The van der Waals surface area contributed by atoms with Crippen molar-refractivity contribution in [2.75, 3.05) is 14.7 Å². The first kappa shape index (κ1) is 32.0. The zero-order valence-corrected chi connectivity index (χ0v) is 28.1. The van der Waals surface area contributed by atoms with Gasteiger partial charge in [-0.15, -0.1) is 0 Å². The number of benzene rings is 3. The first-order valence-electron chi connectivity index (χ1n) is 15.3. The standard InChI is InChI=1S/C36H54N3P/c1-25(2)37(26(3)4)31-13-19-34(20-14-31)40(35-21-15-32(16-22-35)38(27(5)6)28(7)8)36-23-17-33(18-24-36)39(29(9)10)30(11)12/h13-30H,1-12H3. The van der Waals surface area contributed by atoms with Crippen LogP contribution < -0.4 is 30.6 Å². The summed E-state index contributed by atoms with van der Waals surface area (Å²) in [6.45, 7) is 27.3. The fourth-order valence-electron chi connectivity index (χ4n) is 6.35. The molecule has 0 aliphatic heterocycles. The maximum absolute atomic E-state index is 2.49. The molecular weight excluding hydrogens is 505 g/mol. The fraction of sp³-hybridized carbons (Fsp3) is 0.500. The van der Waals surface area contributed by atoms with Crippen LogP contribution in [-0.4, -0.2) is 36.3 Å². The Kier molecular flexibility index (Phi) is 11.1. The van der Waals surface area contributed by atoms with E-state index in [-0.39, 0.29) is 0 Å². The quantitative estimate of drug-likeness (QED) is 0.207. The molecule has 3 nitrogen and oxygen atoms in total. The van der Waals surface area contributed by atoms with Crippen molar-refractivity contribution in [2.45, 2.75) is 119 Å². The SMILES string of the molecule is CC(C)N(c1ccc(P(c2ccc(N(C(C)C)C(C)C)cc2)c2ccc(N(C(C)C)C(C)C)cc2)cc1)C(C)C. The summed E-state index contributed by atoms with van der Waals surface area (Å²) in [6, 6.07) is 30.9. The van der Waals surface area contributed by atoms with Crippen LogP contribution in [-0.2, 0) is 0 Å². The summed E-state index contributed by atoms with van der Waals surface area (Å²) < 4.78 is 0. The summed E-state index contributed by atoms with van der Waals surface area (Å²) in [7, 11) is -0.689. The largest absolute Gasteiger partial charge is 0.367 e. The molecule has 0 spiro atoms. The third kappa shape index (κ3) is 7.41. The normalized spacial score (nSPS) is 12.1. The predicted molar refractivity (Wildman–Crippen MR) is 183 cm³/mol. The van der Waals surface area contributed by atoms with Crippen LogP contribution in [0.5, 0.6) is 0 Å². The van der Waals surface area contributed by atoms with Crippen molar-refractivity contribution in [1.82, 2.24) is 0 Å². The molecule has 218 valence electrons. The minimum Gasteiger partial charge on any atom is -0.367 e. The highest BCUT2D eigenvalue weighted by atomic mass is 31.1. The number of rotatable bonds is 12. The summed E-state index contributed by atoms with van der Waals surface area (Å²) in [5.41, 5.74) is 3.88.